The van der Waals surface area contributed by atoms with Gasteiger partial charge in [-0.2, -0.15) is 11.8 Å². The summed E-state index contributed by atoms with van der Waals surface area (Å²) in [5.74, 6) is 1.06. The normalized spacial score (nSPS) is 33.8. The van der Waals surface area contributed by atoms with Crippen molar-refractivity contribution in [3.8, 4) is 0 Å². The molecule has 3 heterocycles. The van der Waals surface area contributed by atoms with Crippen molar-refractivity contribution in [1.82, 2.24) is 15.1 Å². The van der Waals surface area contributed by atoms with E-state index in [2.05, 4.69) is 24.1 Å². The molecule has 3 fully saturated rings. The number of hydrogen-bond donors (Lipinski definition) is 1. The summed E-state index contributed by atoms with van der Waals surface area (Å²) >= 11 is 1.97. The van der Waals surface area contributed by atoms with Crippen LogP contribution < -0.4 is 5.32 Å². The highest BCUT2D eigenvalue weighted by molar-refractivity contribution is 8.00. The minimum Gasteiger partial charge on any atom is -0.334 e. The third-order valence-corrected chi connectivity index (χ3v) is 6.18. The highest BCUT2D eigenvalue weighted by Crippen LogP contribution is 2.30. The number of carbonyl (C=O) groups excluding carboxylic acids is 1. The first-order chi connectivity index (χ1) is 9.55. The average Bonchev–Trinajstić information content (AvgIpc) is 2.81. The summed E-state index contributed by atoms with van der Waals surface area (Å²) in [5.41, 5.74) is 0. The fraction of sp³-hybridized carbons (Fsp3) is 0.933. The molecule has 3 rings (SSSR count). The van der Waals surface area contributed by atoms with Crippen LogP contribution in [0.15, 0.2) is 0 Å². The Balaban J connectivity index is 1.56. The van der Waals surface area contributed by atoms with Crippen molar-refractivity contribution in [2.45, 2.75) is 56.4 Å². The predicted molar refractivity (Wildman–Crippen MR) is 84.3 cm³/mol. The van der Waals surface area contributed by atoms with E-state index in [1.807, 2.05) is 16.7 Å². The number of thioether (sulfide) groups is 1. The van der Waals surface area contributed by atoms with E-state index in [1.54, 1.807) is 0 Å². The molecular formula is C15H27N3OS. The molecular weight excluding hydrogens is 270 g/mol. The quantitative estimate of drug-likeness (QED) is 0.805. The summed E-state index contributed by atoms with van der Waals surface area (Å²) < 4.78 is 0.197. The second-order valence-electron chi connectivity index (χ2n) is 6.97. The van der Waals surface area contributed by atoms with E-state index in [9.17, 15) is 4.79 Å². The number of rotatable bonds is 1. The molecule has 1 N–H and O–H groups in total. The van der Waals surface area contributed by atoms with Gasteiger partial charge in [-0.3, -0.25) is 4.90 Å². The molecule has 2 amide bonds. The van der Waals surface area contributed by atoms with Crippen LogP contribution in [0.1, 0.15) is 39.5 Å². The van der Waals surface area contributed by atoms with Crippen LogP contribution in [0.25, 0.3) is 0 Å². The van der Waals surface area contributed by atoms with Crippen LogP contribution in [0.2, 0.25) is 0 Å². The van der Waals surface area contributed by atoms with Crippen LogP contribution in [-0.4, -0.2) is 64.6 Å². The number of hydrogen-bond acceptors (Lipinski definition) is 3. The zero-order valence-corrected chi connectivity index (χ0v) is 13.5. The van der Waals surface area contributed by atoms with Gasteiger partial charge in [0.2, 0.25) is 0 Å². The van der Waals surface area contributed by atoms with Gasteiger partial charge in [0.25, 0.3) is 0 Å². The Morgan fingerprint density at radius 2 is 2.05 bits per heavy atom. The summed E-state index contributed by atoms with van der Waals surface area (Å²) in [7, 11) is 0. The number of fused-ring (bicyclic) bond motifs is 1. The largest absolute Gasteiger partial charge is 0.334 e. The van der Waals surface area contributed by atoms with Gasteiger partial charge in [-0.1, -0.05) is 6.42 Å². The maximum atomic E-state index is 12.5. The highest BCUT2D eigenvalue weighted by atomic mass is 32.2. The lowest BCUT2D eigenvalue weighted by Gasteiger charge is -2.39. The van der Waals surface area contributed by atoms with Gasteiger partial charge in [0.1, 0.15) is 0 Å². The van der Waals surface area contributed by atoms with Crippen molar-refractivity contribution < 1.29 is 4.79 Å². The van der Waals surface area contributed by atoms with Crippen molar-refractivity contribution in [3.05, 3.63) is 0 Å². The number of urea groups is 1. The Bertz CT molecular complexity index is 374. The monoisotopic (exact) mass is 297 g/mol. The Morgan fingerprint density at radius 1 is 1.20 bits per heavy atom. The zero-order chi connectivity index (χ0) is 14.2. The van der Waals surface area contributed by atoms with Crippen molar-refractivity contribution >= 4 is 17.8 Å². The van der Waals surface area contributed by atoms with Gasteiger partial charge in [-0.15, -0.1) is 0 Å². The molecule has 20 heavy (non-hydrogen) atoms. The van der Waals surface area contributed by atoms with Gasteiger partial charge in [0.05, 0.1) is 0 Å². The zero-order valence-electron chi connectivity index (χ0n) is 12.7. The Labute approximate surface area is 126 Å². The third kappa shape index (κ3) is 3.08. The Hall–Kier alpha value is -0.420. The lowest BCUT2D eigenvalue weighted by Crippen LogP contribution is -2.54. The number of nitrogens with one attached hydrogen (secondary N) is 1. The average molecular weight is 297 g/mol. The highest BCUT2D eigenvalue weighted by Gasteiger charge is 2.38. The van der Waals surface area contributed by atoms with Crippen LogP contribution in [0, 0.1) is 0 Å². The second-order valence-corrected chi connectivity index (χ2v) is 8.78. The molecule has 2 atom stereocenters. The van der Waals surface area contributed by atoms with Gasteiger partial charge >= 0.3 is 6.03 Å². The van der Waals surface area contributed by atoms with Gasteiger partial charge in [0.15, 0.2) is 0 Å². The fourth-order valence-electron chi connectivity index (χ4n) is 3.86. The third-order valence-electron chi connectivity index (χ3n) is 4.88. The molecule has 0 aliphatic carbocycles. The van der Waals surface area contributed by atoms with E-state index in [0.29, 0.717) is 12.1 Å². The fourth-order valence-corrected chi connectivity index (χ4v) is 4.97. The lowest BCUT2D eigenvalue weighted by atomic mass is 9.99. The molecule has 3 aliphatic heterocycles. The first-order valence-corrected chi connectivity index (χ1v) is 8.97. The van der Waals surface area contributed by atoms with Crippen molar-refractivity contribution in [2.24, 2.45) is 0 Å². The molecule has 0 spiro atoms. The summed E-state index contributed by atoms with van der Waals surface area (Å²) in [6, 6.07) is 1.14. The molecule has 3 aliphatic rings. The molecule has 4 nitrogen and oxygen atoms in total. The maximum absolute atomic E-state index is 12.5. The van der Waals surface area contributed by atoms with Gasteiger partial charge in [-0.05, 0) is 39.7 Å². The van der Waals surface area contributed by atoms with Crippen LogP contribution in [0.5, 0.6) is 0 Å². The van der Waals surface area contributed by atoms with Gasteiger partial charge in [-0.25, -0.2) is 4.79 Å². The Morgan fingerprint density at radius 3 is 2.85 bits per heavy atom. The molecule has 0 aromatic heterocycles. The molecule has 0 radical (unpaired) electrons. The lowest BCUT2D eigenvalue weighted by molar-refractivity contribution is 0.166. The van der Waals surface area contributed by atoms with Gasteiger partial charge in [0, 0.05) is 42.2 Å². The van der Waals surface area contributed by atoms with Gasteiger partial charge < -0.3 is 10.2 Å². The molecule has 0 bridgehead atoms. The molecule has 2 unspecified atom stereocenters. The maximum Gasteiger partial charge on any atom is 0.317 e. The van der Waals surface area contributed by atoms with Crippen molar-refractivity contribution in [3.63, 3.8) is 0 Å². The number of carbonyl (C=O) groups is 1. The number of nitrogens with zero attached hydrogens (tertiary/aromatic N) is 2. The summed E-state index contributed by atoms with van der Waals surface area (Å²) in [6.45, 7) is 8.61. The molecule has 3 saturated heterocycles. The molecule has 0 saturated carbocycles. The standard InChI is InChI=1S/C15H27N3OS/c1-15(2)11-18(9-10-20-15)14(19)16-12-6-8-17-7-4-3-5-13(12)17/h12-13H,3-11H2,1-2H3,(H,16,19). The smallest absolute Gasteiger partial charge is 0.317 e. The topological polar surface area (TPSA) is 35.6 Å². The Kier molecular flexibility index (Phi) is 4.18. The molecule has 5 heteroatoms. The predicted octanol–water partition coefficient (Wildman–Crippen LogP) is 2.15. The first-order valence-electron chi connectivity index (χ1n) is 7.99. The molecule has 0 aromatic carbocycles. The van der Waals surface area contributed by atoms with E-state index in [0.717, 1.165) is 31.8 Å². The molecule has 114 valence electrons. The summed E-state index contributed by atoms with van der Waals surface area (Å²) in [6.07, 6.45) is 5.03. The van der Waals surface area contributed by atoms with Crippen molar-refractivity contribution in [1.29, 1.82) is 0 Å². The van der Waals surface area contributed by atoms with Crippen molar-refractivity contribution in [2.75, 3.05) is 31.9 Å². The minimum atomic E-state index is 0.163. The number of amides is 2. The first kappa shape index (κ1) is 14.5. The second kappa shape index (κ2) is 5.76. The summed E-state index contributed by atoms with van der Waals surface area (Å²) in [5, 5.41) is 3.32. The van der Waals surface area contributed by atoms with Crippen LogP contribution in [0.4, 0.5) is 4.79 Å². The molecule has 0 aromatic rings. The SMILES string of the molecule is CC1(C)CN(C(=O)NC2CCN3CCCCC23)CCS1. The van der Waals surface area contributed by atoms with E-state index in [-0.39, 0.29) is 10.8 Å². The minimum absolute atomic E-state index is 0.163. The van der Waals surface area contributed by atoms with E-state index >= 15 is 0 Å². The van der Waals surface area contributed by atoms with E-state index in [4.69, 9.17) is 0 Å². The van der Waals surface area contributed by atoms with E-state index in [1.165, 1.54) is 25.8 Å². The number of piperidine rings is 1. The van der Waals surface area contributed by atoms with Crippen LogP contribution >= 0.6 is 11.8 Å². The van der Waals surface area contributed by atoms with Crippen LogP contribution in [-0.2, 0) is 0 Å². The summed E-state index contributed by atoms with van der Waals surface area (Å²) in [4.78, 5) is 17.1. The van der Waals surface area contributed by atoms with E-state index < -0.39 is 0 Å². The van der Waals surface area contributed by atoms with Crippen LogP contribution in [0.3, 0.4) is 0 Å².